The first-order chi connectivity index (χ1) is 8.66. The second-order valence-electron chi connectivity index (χ2n) is 4.39. The number of amides is 1. The molecule has 2 rings (SSSR count). The fourth-order valence-electron chi connectivity index (χ4n) is 2.00. The maximum absolute atomic E-state index is 11.9. The van der Waals surface area contributed by atoms with Crippen molar-refractivity contribution in [1.29, 1.82) is 0 Å². The van der Waals surface area contributed by atoms with Gasteiger partial charge in [-0.3, -0.25) is 4.79 Å². The number of hydrogen-bond acceptors (Lipinski definition) is 1. The molecule has 2 nitrogen and oxygen atoms in total. The highest BCUT2D eigenvalue weighted by atomic mass is 35.5. The van der Waals surface area contributed by atoms with Gasteiger partial charge >= 0.3 is 0 Å². The molecule has 0 bridgehead atoms. The van der Waals surface area contributed by atoms with Gasteiger partial charge in [0, 0.05) is 19.2 Å². The molecule has 1 heterocycles. The lowest BCUT2D eigenvalue weighted by molar-refractivity contribution is -0.126. The summed E-state index contributed by atoms with van der Waals surface area (Å²) in [6.07, 6.45) is 6.81. The minimum Gasteiger partial charge on any atom is -0.339 e. The van der Waals surface area contributed by atoms with Crippen LogP contribution in [0.25, 0.3) is 6.08 Å². The van der Waals surface area contributed by atoms with Crippen LogP contribution < -0.4 is 0 Å². The number of nitrogens with zero attached hydrogens (tertiary/aromatic N) is 1. The largest absolute Gasteiger partial charge is 0.339 e. The van der Waals surface area contributed by atoms with Crippen molar-refractivity contribution < 1.29 is 4.79 Å². The number of carbonyl (C=O) groups is 1. The normalized spacial score (nSPS) is 16.2. The van der Waals surface area contributed by atoms with Crippen LogP contribution in [0.2, 0.25) is 10.0 Å². The van der Waals surface area contributed by atoms with Gasteiger partial charge < -0.3 is 4.90 Å². The maximum Gasteiger partial charge on any atom is 0.246 e. The summed E-state index contributed by atoms with van der Waals surface area (Å²) in [5.74, 6) is 0.0702. The van der Waals surface area contributed by atoms with Crippen LogP contribution in [0, 0.1) is 0 Å². The predicted octanol–water partition coefficient (Wildman–Crippen LogP) is 4.02. The monoisotopic (exact) mass is 283 g/mol. The van der Waals surface area contributed by atoms with Crippen molar-refractivity contribution in [2.45, 2.75) is 19.3 Å². The average Bonchev–Trinajstić information content (AvgIpc) is 2.41. The molecule has 1 aromatic carbocycles. The molecule has 0 aromatic heterocycles. The van der Waals surface area contributed by atoms with Gasteiger partial charge in [0.1, 0.15) is 0 Å². The quantitative estimate of drug-likeness (QED) is 0.751. The molecule has 1 aliphatic heterocycles. The van der Waals surface area contributed by atoms with Crippen LogP contribution in [-0.4, -0.2) is 23.9 Å². The molecular weight excluding hydrogens is 269 g/mol. The number of likely N-dealkylation sites (tertiary alicyclic amines) is 1. The molecule has 1 fully saturated rings. The van der Waals surface area contributed by atoms with Crippen molar-refractivity contribution in [1.82, 2.24) is 4.90 Å². The van der Waals surface area contributed by atoms with Crippen molar-refractivity contribution in [3.8, 4) is 0 Å². The van der Waals surface area contributed by atoms with Crippen LogP contribution in [-0.2, 0) is 4.79 Å². The van der Waals surface area contributed by atoms with E-state index >= 15 is 0 Å². The Kier molecular flexibility index (Phi) is 4.67. The Morgan fingerprint density at radius 1 is 1.11 bits per heavy atom. The molecule has 0 radical (unpaired) electrons. The van der Waals surface area contributed by atoms with Crippen LogP contribution in [0.3, 0.4) is 0 Å². The summed E-state index contributed by atoms with van der Waals surface area (Å²) in [5, 5.41) is 1.03. The van der Waals surface area contributed by atoms with E-state index in [1.807, 2.05) is 11.0 Å². The van der Waals surface area contributed by atoms with Gasteiger partial charge in [-0.2, -0.15) is 0 Å². The van der Waals surface area contributed by atoms with Gasteiger partial charge in [0.05, 0.1) is 10.0 Å². The second kappa shape index (κ2) is 6.26. The van der Waals surface area contributed by atoms with Gasteiger partial charge in [-0.1, -0.05) is 29.3 Å². The predicted molar refractivity (Wildman–Crippen MR) is 75.9 cm³/mol. The minimum atomic E-state index is 0.0702. The lowest BCUT2D eigenvalue weighted by Crippen LogP contribution is -2.34. The molecule has 0 aliphatic carbocycles. The summed E-state index contributed by atoms with van der Waals surface area (Å²) < 4.78 is 0. The average molecular weight is 284 g/mol. The van der Waals surface area contributed by atoms with E-state index < -0.39 is 0 Å². The fraction of sp³-hybridized carbons (Fsp3) is 0.357. The van der Waals surface area contributed by atoms with Gasteiger partial charge in [-0.25, -0.2) is 0 Å². The number of halogens is 2. The molecule has 0 N–H and O–H groups in total. The lowest BCUT2D eigenvalue weighted by atomic mass is 10.1. The van der Waals surface area contributed by atoms with Gasteiger partial charge in [-0.15, -0.1) is 0 Å². The van der Waals surface area contributed by atoms with Crippen LogP contribution in [0.5, 0.6) is 0 Å². The van der Waals surface area contributed by atoms with E-state index in [0.717, 1.165) is 31.5 Å². The van der Waals surface area contributed by atoms with E-state index in [9.17, 15) is 4.79 Å². The van der Waals surface area contributed by atoms with Gasteiger partial charge in [0.15, 0.2) is 0 Å². The zero-order valence-electron chi connectivity index (χ0n) is 10.0. The third kappa shape index (κ3) is 3.50. The lowest BCUT2D eigenvalue weighted by Gasteiger charge is -2.25. The van der Waals surface area contributed by atoms with E-state index in [4.69, 9.17) is 23.2 Å². The number of benzene rings is 1. The third-order valence-electron chi connectivity index (χ3n) is 3.03. The summed E-state index contributed by atoms with van der Waals surface area (Å²) in [6, 6.07) is 5.33. The zero-order valence-corrected chi connectivity index (χ0v) is 11.5. The number of carbonyl (C=O) groups excluding carboxylic acids is 1. The Bertz CT molecular complexity index is 465. The Hall–Kier alpha value is -0.990. The first-order valence-electron chi connectivity index (χ1n) is 6.09. The first kappa shape index (κ1) is 13.4. The van der Waals surface area contributed by atoms with Crippen molar-refractivity contribution >= 4 is 35.2 Å². The Labute approximate surface area is 117 Å². The highest BCUT2D eigenvalue weighted by Crippen LogP contribution is 2.23. The van der Waals surface area contributed by atoms with Gasteiger partial charge in [0.2, 0.25) is 5.91 Å². The summed E-state index contributed by atoms with van der Waals surface area (Å²) in [4.78, 5) is 13.8. The van der Waals surface area contributed by atoms with Crippen LogP contribution >= 0.6 is 23.2 Å². The molecule has 4 heteroatoms. The van der Waals surface area contributed by atoms with Gasteiger partial charge in [0.25, 0.3) is 0 Å². The highest BCUT2D eigenvalue weighted by molar-refractivity contribution is 6.42. The molecule has 0 saturated carbocycles. The van der Waals surface area contributed by atoms with Crippen LogP contribution in [0.1, 0.15) is 24.8 Å². The molecule has 1 saturated heterocycles. The SMILES string of the molecule is O=C(C=Cc1ccc(Cl)c(Cl)c1)N1CCCCC1. The Morgan fingerprint density at radius 2 is 1.83 bits per heavy atom. The van der Waals surface area contributed by atoms with Crippen LogP contribution in [0.15, 0.2) is 24.3 Å². The smallest absolute Gasteiger partial charge is 0.246 e. The zero-order chi connectivity index (χ0) is 13.0. The maximum atomic E-state index is 11.9. The molecular formula is C14H15Cl2NO. The first-order valence-corrected chi connectivity index (χ1v) is 6.84. The van der Waals surface area contributed by atoms with E-state index in [1.54, 1.807) is 24.3 Å². The molecule has 18 heavy (non-hydrogen) atoms. The summed E-state index contributed by atoms with van der Waals surface area (Å²) in [7, 11) is 0. The Balaban J connectivity index is 2.01. The van der Waals surface area contributed by atoms with E-state index in [2.05, 4.69) is 0 Å². The standard InChI is InChI=1S/C14H15Cl2NO/c15-12-6-4-11(10-13(12)16)5-7-14(18)17-8-2-1-3-9-17/h4-7,10H,1-3,8-9H2. The number of piperidine rings is 1. The number of hydrogen-bond donors (Lipinski definition) is 0. The van der Waals surface area contributed by atoms with Gasteiger partial charge in [-0.05, 0) is 43.0 Å². The van der Waals surface area contributed by atoms with Crippen molar-refractivity contribution in [2.75, 3.05) is 13.1 Å². The molecule has 1 aromatic rings. The fourth-order valence-corrected chi connectivity index (χ4v) is 2.31. The Morgan fingerprint density at radius 3 is 2.50 bits per heavy atom. The number of rotatable bonds is 2. The molecule has 0 unspecified atom stereocenters. The van der Waals surface area contributed by atoms with Crippen LogP contribution in [0.4, 0.5) is 0 Å². The van der Waals surface area contributed by atoms with Crippen molar-refractivity contribution in [2.24, 2.45) is 0 Å². The molecule has 1 amide bonds. The van der Waals surface area contributed by atoms with E-state index in [0.29, 0.717) is 10.0 Å². The minimum absolute atomic E-state index is 0.0702. The topological polar surface area (TPSA) is 20.3 Å². The van der Waals surface area contributed by atoms with Crippen molar-refractivity contribution in [3.05, 3.63) is 39.9 Å². The second-order valence-corrected chi connectivity index (χ2v) is 5.21. The molecule has 0 atom stereocenters. The summed E-state index contributed by atoms with van der Waals surface area (Å²) >= 11 is 11.8. The van der Waals surface area contributed by atoms with E-state index in [1.165, 1.54) is 6.42 Å². The molecule has 1 aliphatic rings. The van der Waals surface area contributed by atoms with E-state index in [-0.39, 0.29) is 5.91 Å². The highest BCUT2D eigenvalue weighted by Gasteiger charge is 2.13. The summed E-state index contributed by atoms with van der Waals surface area (Å²) in [6.45, 7) is 1.73. The molecule has 96 valence electrons. The third-order valence-corrected chi connectivity index (χ3v) is 3.77. The van der Waals surface area contributed by atoms with Crippen molar-refractivity contribution in [3.63, 3.8) is 0 Å². The summed E-state index contributed by atoms with van der Waals surface area (Å²) in [5.41, 5.74) is 0.884. The molecule has 0 spiro atoms.